The number of alkyl halides is 3. The first-order valence-corrected chi connectivity index (χ1v) is 2.33. The van der Waals surface area contributed by atoms with Gasteiger partial charge in [-0.3, -0.25) is 0 Å². The Morgan fingerprint density at radius 1 is 1.44 bits per heavy atom. The number of ether oxygens (including phenoxy) is 1. The van der Waals surface area contributed by atoms with Gasteiger partial charge in [-0.1, -0.05) is 6.08 Å². The topological polar surface area (TPSA) is 9.23 Å². The molecule has 0 N–H and O–H groups in total. The Balaban J connectivity index is 3.26. The lowest BCUT2D eigenvalue weighted by Crippen LogP contribution is -2.15. The molecule has 0 saturated heterocycles. The molecular weight excluding hydrogens is 133 g/mol. The van der Waals surface area contributed by atoms with Gasteiger partial charge in [0.15, 0.2) is 0 Å². The molecule has 1 unspecified atom stereocenters. The minimum atomic E-state index is -3.06. The van der Waals surface area contributed by atoms with Crippen LogP contribution in [-0.4, -0.2) is 19.4 Å². The maximum atomic E-state index is 11.7. The van der Waals surface area contributed by atoms with Crippen LogP contribution < -0.4 is 0 Å². The summed E-state index contributed by atoms with van der Waals surface area (Å²) in [5.74, 6) is 0. The van der Waals surface area contributed by atoms with Crippen LogP contribution in [0, 0.1) is 0 Å². The summed E-state index contributed by atoms with van der Waals surface area (Å²) in [6.45, 7) is 2.97. The van der Waals surface area contributed by atoms with Crippen molar-refractivity contribution in [3.63, 3.8) is 0 Å². The Hall–Kier alpha value is -0.510. The van der Waals surface area contributed by atoms with Crippen molar-refractivity contribution in [3.8, 4) is 0 Å². The molecule has 0 spiro atoms. The van der Waals surface area contributed by atoms with Crippen LogP contribution in [0.15, 0.2) is 12.7 Å². The van der Waals surface area contributed by atoms with Crippen LogP contribution in [0.3, 0.4) is 0 Å². The number of halogens is 3. The van der Waals surface area contributed by atoms with Gasteiger partial charge in [0.1, 0.15) is 0 Å². The standard InChI is InChI=1S/C5H7F3O/c1-2-3-9-5(8)4(6)7/h2,4-5H,1,3H2. The molecule has 0 aliphatic rings. The van der Waals surface area contributed by atoms with Gasteiger partial charge in [-0.05, 0) is 0 Å². The molecule has 54 valence electrons. The van der Waals surface area contributed by atoms with Crippen molar-refractivity contribution in [2.75, 3.05) is 6.61 Å². The molecule has 0 radical (unpaired) electrons. The van der Waals surface area contributed by atoms with Gasteiger partial charge < -0.3 is 4.74 Å². The van der Waals surface area contributed by atoms with Gasteiger partial charge in [0.25, 0.3) is 12.8 Å². The molecule has 1 atom stereocenters. The summed E-state index contributed by atoms with van der Waals surface area (Å²) in [6.07, 6.45) is -4.34. The Labute approximate surface area is 51.1 Å². The zero-order valence-corrected chi connectivity index (χ0v) is 4.69. The maximum Gasteiger partial charge on any atom is 0.293 e. The summed E-state index contributed by atoms with van der Waals surface area (Å²) in [7, 11) is 0. The molecule has 0 aromatic carbocycles. The highest BCUT2D eigenvalue weighted by Gasteiger charge is 2.18. The second kappa shape index (κ2) is 4.38. The Kier molecular flexibility index (Phi) is 4.13. The minimum Gasteiger partial charge on any atom is -0.340 e. The molecule has 0 aliphatic carbocycles. The third kappa shape index (κ3) is 4.02. The first-order chi connectivity index (χ1) is 4.18. The lowest BCUT2D eigenvalue weighted by Gasteiger charge is -2.04. The summed E-state index contributed by atoms with van der Waals surface area (Å²) in [6, 6.07) is 0. The molecule has 0 saturated carbocycles. The lowest BCUT2D eigenvalue weighted by molar-refractivity contribution is -0.120. The van der Waals surface area contributed by atoms with E-state index in [2.05, 4.69) is 11.3 Å². The highest BCUT2D eigenvalue weighted by molar-refractivity contribution is 4.64. The quantitative estimate of drug-likeness (QED) is 0.540. The fraction of sp³-hybridized carbons (Fsp3) is 0.600. The SMILES string of the molecule is C=CCOC(F)C(F)F. The Bertz CT molecular complexity index is 84.3. The molecule has 0 rings (SSSR count). The van der Waals surface area contributed by atoms with Crippen LogP contribution >= 0.6 is 0 Å². The fourth-order valence-corrected chi connectivity index (χ4v) is 0.233. The molecule has 0 amide bonds. The number of hydrogen-bond donors (Lipinski definition) is 0. The first-order valence-electron chi connectivity index (χ1n) is 2.33. The van der Waals surface area contributed by atoms with Gasteiger partial charge in [-0.25, -0.2) is 13.2 Å². The maximum absolute atomic E-state index is 11.7. The molecule has 1 nitrogen and oxygen atoms in total. The zero-order chi connectivity index (χ0) is 7.28. The van der Waals surface area contributed by atoms with Crippen molar-refractivity contribution in [3.05, 3.63) is 12.7 Å². The molecule has 0 aromatic rings. The summed E-state index contributed by atoms with van der Waals surface area (Å²) in [5.41, 5.74) is 0. The molecule has 0 bridgehead atoms. The molecule has 0 heterocycles. The molecule has 4 heteroatoms. The Morgan fingerprint density at radius 2 is 2.00 bits per heavy atom. The molecule has 0 fully saturated rings. The predicted octanol–water partition coefficient (Wildman–Crippen LogP) is 1.75. The van der Waals surface area contributed by atoms with Gasteiger partial charge in [-0.15, -0.1) is 6.58 Å². The van der Waals surface area contributed by atoms with Crippen LogP contribution in [0.5, 0.6) is 0 Å². The van der Waals surface area contributed by atoms with E-state index < -0.39 is 12.8 Å². The summed E-state index contributed by atoms with van der Waals surface area (Å²) in [5, 5.41) is 0. The van der Waals surface area contributed by atoms with E-state index in [9.17, 15) is 13.2 Å². The van der Waals surface area contributed by atoms with E-state index in [0.29, 0.717) is 0 Å². The molecule has 9 heavy (non-hydrogen) atoms. The highest BCUT2D eigenvalue weighted by Crippen LogP contribution is 2.05. The fourth-order valence-electron chi connectivity index (χ4n) is 0.233. The van der Waals surface area contributed by atoms with E-state index in [4.69, 9.17) is 0 Å². The van der Waals surface area contributed by atoms with Crippen molar-refractivity contribution in [2.45, 2.75) is 12.8 Å². The second-order valence-electron chi connectivity index (χ2n) is 1.31. The number of rotatable bonds is 4. The smallest absolute Gasteiger partial charge is 0.293 e. The van der Waals surface area contributed by atoms with Crippen LogP contribution in [0.2, 0.25) is 0 Å². The van der Waals surface area contributed by atoms with Crippen LogP contribution in [-0.2, 0) is 4.74 Å². The van der Waals surface area contributed by atoms with Gasteiger partial charge >= 0.3 is 0 Å². The summed E-state index contributed by atoms with van der Waals surface area (Å²) >= 11 is 0. The van der Waals surface area contributed by atoms with Crippen molar-refractivity contribution in [2.24, 2.45) is 0 Å². The highest BCUT2D eigenvalue weighted by atomic mass is 19.3. The summed E-state index contributed by atoms with van der Waals surface area (Å²) in [4.78, 5) is 0. The van der Waals surface area contributed by atoms with Crippen LogP contribution in [0.4, 0.5) is 13.2 Å². The van der Waals surface area contributed by atoms with Crippen molar-refractivity contribution >= 4 is 0 Å². The predicted molar refractivity (Wildman–Crippen MR) is 27.0 cm³/mol. The van der Waals surface area contributed by atoms with Gasteiger partial charge in [0.2, 0.25) is 0 Å². The molecule has 0 aromatic heterocycles. The summed E-state index contributed by atoms with van der Waals surface area (Å²) < 4.78 is 38.0. The van der Waals surface area contributed by atoms with E-state index in [-0.39, 0.29) is 6.61 Å². The van der Waals surface area contributed by atoms with Crippen molar-refractivity contribution in [1.82, 2.24) is 0 Å². The van der Waals surface area contributed by atoms with Gasteiger partial charge in [0, 0.05) is 0 Å². The van der Waals surface area contributed by atoms with Gasteiger partial charge in [0.05, 0.1) is 6.61 Å². The van der Waals surface area contributed by atoms with E-state index in [1.54, 1.807) is 0 Å². The Morgan fingerprint density at radius 3 is 2.33 bits per heavy atom. The largest absolute Gasteiger partial charge is 0.340 e. The average molecular weight is 140 g/mol. The lowest BCUT2D eigenvalue weighted by atomic mass is 10.6. The number of hydrogen-bond acceptors (Lipinski definition) is 1. The third-order valence-corrected chi connectivity index (χ3v) is 0.571. The van der Waals surface area contributed by atoms with Crippen LogP contribution in [0.25, 0.3) is 0 Å². The van der Waals surface area contributed by atoms with E-state index in [1.165, 1.54) is 6.08 Å². The van der Waals surface area contributed by atoms with Crippen molar-refractivity contribution in [1.29, 1.82) is 0 Å². The molecular formula is C5H7F3O. The normalized spacial score (nSPS) is 13.8. The van der Waals surface area contributed by atoms with E-state index in [1.807, 2.05) is 0 Å². The third-order valence-electron chi connectivity index (χ3n) is 0.571. The molecule has 0 aliphatic heterocycles. The first kappa shape index (κ1) is 8.49. The zero-order valence-electron chi connectivity index (χ0n) is 4.69. The second-order valence-corrected chi connectivity index (χ2v) is 1.31. The average Bonchev–Trinajstić information content (AvgIpc) is 1.82. The van der Waals surface area contributed by atoms with Crippen molar-refractivity contribution < 1.29 is 17.9 Å². The van der Waals surface area contributed by atoms with E-state index >= 15 is 0 Å². The van der Waals surface area contributed by atoms with Gasteiger partial charge in [-0.2, -0.15) is 0 Å². The monoisotopic (exact) mass is 140 g/mol. The minimum absolute atomic E-state index is 0.189. The van der Waals surface area contributed by atoms with E-state index in [0.717, 1.165) is 0 Å². The van der Waals surface area contributed by atoms with Crippen LogP contribution in [0.1, 0.15) is 0 Å².